The first-order valence-corrected chi connectivity index (χ1v) is 5.44. The Balaban J connectivity index is 0. The molecule has 0 bridgehead atoms. The summed E-state index contributed by atoms with van der Waals surface area (Å²) in [5, 5.41) is -3.22. The summed E-state index contributed by atoms with van der Waals surface area (Å²) in [6.45, 7) is 0. The van der Waals surface area contributed by atoms with E-state index in [1.54, 1.807) is 0 Å². The zero-order valence-corrected chi connectivity index (χ0v) is 6.31. The van der Waals surface area contributed by atoms with Crippen LogP contribution in [0.15, 0.2) is 0 Å². The van der Waals surface area contributed by atoms with E-state index in [1.807, 2.05) is 0 Å². The fourth-order valence-corrected chi connectivity index (χ4v) is 0. The van der Waals surface area contributed by atoms with Crippen molar-refractivity contribution in [2.45, 2.75) is 0 Å². The fourth-order valence-electron chi connectivity index (χ4n) is 0. The Hall–Kier alpha value is 1.02. The van der Waals surface area contributed by atoms with E-state index < -0.39 is 5.20 Å². The number of hydrogen-bond acceptors (Lipinski definition) is 3. The van der Waals surface area contributed by atoms with Crippen molar-refractivity contribution in [1.29, 1.82) is 0 Å². The van der Waals surface area contributed by atoms with Crippen molar-refractivity contribution in [1.82, 2.24) is 0 Å². The molecule has 0 heterocycles. The summed E-state index contributed by atoms with van der Waals surface area (Å²) < 4.78 is 9.51. The Labute approximate surface area is 55.6 Å². The van der Waals surface area contributed by atoms with Crippen LogP contribution in [0.25, 0.3) is 0 Å². The first-order valence-electron chi connectivity index (χ1n) is 1.02. The van der Waals surface area contributed by atoms with Crippen LogP contribution in [0, 0.1) is 0 Å². The lowest BCUT2D eigenvalue weighted by atomic mass is 13.0. The predicted molar refractivity (Wildman–Crippen MR) is 33.5 cm³/mol. The van der Waals surface area contributed by atoms with Gasteiger partial charge in [0.1, 0.15) is 0 Å². The third-order valence-electron chi connectivity index (χ3n) is 0. The largest absolute Gasteiger partial charge is 0.339 e. The summed E-state index contributed by atoms with van der Waals surface area (Å²) >= 11 is 13.8. The topological polar surface area (TPSA) is 69.1 Å². The van der Waals surface area contributed by atoms with Gasteiger partial charge in [0, 0.05) is 0 Å². The smallest absolute Gasteiger partial charge is 0.274 e. The highest BCUT2D eigenvalue weighted by molar-refractivity contribution is 8.24. The van der Waals surface area contributed by atoms with Gasteiger partial charge in [-0.3, -0.25) is 16.3 Å². The van der Waals surface area contributed by atoms with Gasteiger partial charge in [-0.05, 0) is 33.7 Å². The van der Waals surface area contributed by atoms with Crippen LogP contribution in [0.3, 0.4) is 0 Å². The molecule has 46 valence electrons. The average Bonchev–Trinajstić information content (AvgIpc) is 1.36. The van der Waals surface area contributed by atoms with Crippen molar-refractivity contribution in [3.05, 3.63) is 0 Å². The van der Waals surface area contributed by atoms with Crippen molar-refractivity contribution >= 4 is 38.9 Å². The van der Waals surface area contributed by atoms with E-state index in [4.69, 9.17) is 0 Å². The van der Waals surface area contributed by atoms with Crippen LogP contribution >= 0.6 is 38.9 Å². The summed E-state index contributed by atoms with van der Waals surface area (Å²) in [5.41, 5.74) is 0. The van der Waals surface area contributed by atoms with Gasteiger partial charge >= 0.3 is 5.20 Å². The highest BCUT2D eigenvalue weighted by atomic mass is 36.0. The maximum Gasteiger partial charge on any atom is 0.339 e. The van der Waals surface area contributed by atoms with Gasteiger partial charge < -0.3 is 0 Å². The van der Waals surface area contributed by atoms with E-state index in [1.165, 1.54) is 0 Å². The van der Waals surface area contributed by atoms with Crippen molar-refractivity contribution in [2.75, 3.05) is 0 Å². The minimum atomic E-state index is -3.22. The van der Waals surface area contributed by atoms with Crippen LogP contribution in [-0.4, -0.2) is 0 Å². The lowest BCUT2D eigenvalue weighted by Crippen LogP contribution is -2.02. The van der Waals surface area contributed by atoms with Gasteiger partial charge in [0.25, 0.3) is 0 Å². The molecule has 3 nitrogen and oxygen atoms in total. The molecule has 0 aromatic heterocycles. The molecule has 0 rings (SSSR count). The zero-order chi connectivity index (χ0) is 6.50. The minimum Gasteiger partial charge on any atom is -0.274 e. The maximum absolute atomic E-state index is 9.51. The van der Waals surface area contributed by atoms with Gasteiger partial charge in [0.05, 0.1) is 0 Å². The van der Waals surface area contributed by atoms with Crippen LogP contribution in [0.4, 0.5) is 0 Å². The fraction of sp³-hybridized carbons (Fsp3) is 0. The first-order chi connectivity index (χ1) is 3.00. The molecule has 0 radical (unpaired) electrons. The van der Waals surface area contributed by atoms with Crippen LogP contribution in [0.5, 0.6) is 0 Å². The molecular weight excluding hydrogens is 181 g/mol. The van der Waals surface area contributed by atoms with Crippen molar-refractivity contribution in [2.24, 2.45) is 11.7 Å². The molecule has 7 heteroatoms. The van der Waals surface area contributed by atoms with Gasteiger partial charge in [-0.1, -0.05) is 0 Å². The summed E-state index contributed by atoms with van der Waals surface area (Å²) in [6.07, 6.45) is 0. The van der Waals surface area contributed by atoms with Crippen LogP contribution in [0.1, 0.15) is 0 Å². The zero-order valence-electron chi connectivity index (χ0n) is 3.14. The van der Waals surface area contributed by atoms with Crippen LogP contribution < -0.4 is 11.7 Å². The van der Waals surface area contributed by atoms with E-state index in [0.29, 0.717) is 0 Å². The van der Waals surface area contributed by atoms with Gasteiger partial charge in [0.15, 0.2) is 0 Å². The standard InChI is InChI=1S/Cl3OP.H4N2/c1-5(2,3)4;1-2/h;1-2H2. The molecule has 0 saturated heterocycles. The molecule has 0 amide bonds. The molecule has 0 aromatic rings. The highest BCUT2D eigenvalue weighted by Gasteiger charge is 2.02. The second-order valence-corrected chi connectivity index (χ2v) is 7.04. The monoisotopic (exact) mass is 184 g/mol. The molecular formula is H4Cl3N2OP. The summed E-state index contributed by atoms with van der Waals surface area (Å²) in [7, 11) is 0. The summed E-state index contributed by atoms with van der Waals surface area (Å²) in [6, 6.07) is 0. The summed E-state index contributed by atoms with van der Waals surface area (Å²) in [4.78, 5) is 0. The minimum absolute atomic E-state index is 3.22. The van der Waals surface area contributed by atoms with Gasteiger partial charge in [-0.2, -0.15) is 0 Å². The second kappa shape index (κ2) is 5.16. The van der Waals surface area contributed by atoms with Crippen LogP contribution in [-0.2, 0) is 4.57 Å². The molecule has 0 aliphatic heterocycles. The molecule has 4 N–H and O–H groups in total. The van der Waals surface area contributed by atoms with E-state index in [2.05, 4.69) is 45.4 Å². The number of hydrazine groups is 1. The van der Waals surface area contributed by atoms with E-state index in [0.717, 1.165) is 0 Å². The maximum atomic E-state index is 9.51. The lowest BCUT2D eigenvalue weighted by Gasteiger charge is -1.74. The second-order valence-electron chi connectivity index (χ2n) is 0.399. The molecule has 0 aliphatic carbocycles. The molecule has 0 unspecified atom stereocenters. The molecule has 0 fully saturated rings. The third kappa shape index (κ3) is 170. The van der Waals surface area contributed by atoms with Crippen molar-refractivity contribution in [3.8, 4) is 0 Å². The van der Waals surface area contributed by atoms with Crippen LogP contribution in [0.2, 0.25) is 0 Å². The van der Waals surface area contributed by atoms with E-state index in [9.17, 15) is 4.57 Å². The van der Waals surface area contributed by atoms with E-state index >= 15 is 0 Å². The third-order valence-corrected chi connectivity index (χ3v) is 0. The number of hydrogen-bond donors (Lipinski definition) is 2. The SMILES string of the molecule is NN.O=P(Cl)(Cl)Cl. The lowest BCUT2D eigenvalue weighted by molar-refractivity contribution is 0.600. The average molecular weight is 185 g/mol. The molecule has 0 aromatic carbocycles. The van der Waals surface area contributed by atoms with E-state index in [-0.39, 0.29) is 0 Å². The Morgan fingerprint density at radius 1 is 1.14 bits per heavy atom. The van der Waals surface area contributed by atoms with Crippen molar-refractivity contribution in [3.63, 3.8) is 0 Å². The highest BCUT2D eigenvalue weighted by Crippen LogP contribution is 2.61. The van der Waals surface area contributed by atoms with Gasteiger partial charge in [0.2, 0.25) is 0 Å². The number of nitrogens with two attached hydrogens (primary N) is 2. The predicted octanol–water partition coefficient (Wildman–Crippen LogP) is 1.63. The normalized spacial score (nSPS) is 9.29. The number of rotatable bonds is 0. The van der Waals surface area contributed by atoms with Gasteiger partial charge in [-0.15, -0.1) is 0 Å². The Kier molecular flexibility index (Phi) is 8.04. The Morgan fingerprint density at radius 2 is 1.14 bits per heavy atom. The molecule has 0 atom stereocenters. The Bertz CT molecular complexity index is 59.1. The molecule has 0 spiro atoms. The number of halogens is 3. The van der Waals surface area contributed by atoms with Crippen molar-refractivity contribution < 1.29 is 4.57 Å². The molecule has 0 aliphatic rings. The van der Waals surface area contributed by atoms with Gasteiger partial charge in [-0.25, -0.2) is 0 Å². The molecule has 7 heavy (non-hydrogen) atoms. The quantitative estimate of drug-likeness (QED) is 0.342. The Morgan fingerprint density at radius 3 is 1.14 bits per heavy atom. The first kappa shape index (κ1) is 10.9. The summed E-state index contributed by atoms with van der Waals surface area (Å²) in [5.74, 6) is 8.00. The molecule has 0 saturated carbocycles.